The van der Waals surface area contributed by atoms with E-state index in [-0.39, 0.29) is 4.90 Å². The maximum atomic E-state index is 12.1. The van der Waals surface area contributed by atoms with Crippen LogP contribution in [0.4, 0.5) is 11.4 Å². The number of nitrogens with two attached hydrogens (primary N) is 1. The van der Waals surface area contributed by atoms with Gasteiger partial charge in [-0.3, -0.25) is 9.71 Å². The second-order valence-electron chi connectivity index (χ2n) is 3.86. The average Bonchev–Trinajstić information content (AvgIpc) is 2.33. The van der Waals surface area contributed by atoms with Gasteiger partial charge in [-0.15, -0.1) is 0 Å². The molecular weight excluding hydrogens is 250 g/mol. The minimum Gasteiger partial charge on any atom is -0.399 e. The summed E-state index contributed by atoms with van der Waals surface area (Å²) in [5, 5.41) is 0. The van der Waals surface area contributed by atoms with E-state index in [9.17, 15) is 8.42 Å². The van der Waals surface area contributed by atoms with Crippen LogP contribution in [0.2, 0.25) is 0 Å². The van der Waals surface area contributed by atoms with Crippen molar-refractivity contribution in [2.24, 2.45) is 0 Å². The number of aromatic nitrogens is 1. The van der Waals surface area contributed by atoms with Gasteiger partial charge in [0.15, 0.2) is 0 Å². The lowest BCUT2D eigenvalue weighted by molar-refractivity contribution is 0.601. The molecule has 1 aromatic heterocycles. The van der Waals surface area contributed by atoms with E-state index in [0.29, 0.717) is 11.4 Å². The van der Waals surface area contributed by atoms with Crippen molar-refractivity contribution in [3.05, 3.63) is 48.3 Å². The third kappa shape index (κ3) is 2.60. The first kappa shape index (κ1) is 12.4. The molecule has 0 radical (unpaired) electrons. The number of hydrogen-bond donors (Lipinski definition) is 2. The summed E-state index contributed by atoms with van der Waals surface area (Å²) in [7, 11) is -3.59. The fraction of sp³-hybridized carbons (Fsp3) is 0.0833. The molecule has 18 heavy (non-hydrogen) atoms. The van der Waals surface area contributed by atoms with Gasteiger partial charge in [0, 0.05) is 18.1 Å². The zero-order valence-corrected chi connectivity index (χ0v) is 10.6. The molecule has 3 N–H and O–H groups in total. The summed E-state index contributed by atoms with van der Waals surface area (Å²) < 4.78 is 26.7. The molecule has 0 atom stereocenters. The van der Waals surface area contributed by atoms with Crippen LogP contribution in [0.1, 0.15) is 5.56 Å². The van der Waals surface area contributed by atoms with Crippen LogP contribution in [0.5, 0.6) is 0 Å². The van der Waals surface area contributed by atoms with Crippen molar-refractivity contribution >= 4 is 21.4 Å². The van der Waals surface area contributed by atoms with Crippen LogP contribution in [0.15, 0.2) is 47.6 Å². The smallest absolute Gasteiger partial charge is 0.261 e. The Balaban J connectivity index is 2.34. The van der Waals surface area contributed by atoms with Crippen LogP contribution < -0.4 is 10.5 Å². The number of nitrogen functional groups attached to an aromatic ring is 1. The lowest BCUT2D eigenvalue weighted by atomic mass is 10.2. The highest BCUT2D eigenvalue weighted by Crippen LogP contribution is 2.19. The summed E-state index contributed by atoms with van der Waals surface area (Å²) in [5.41, 5.74) is 7.43. The number of nitrogens with zero attached hydrogens (tertiary/aromatic N) is 1. The van der Waals surface area contributed by atoms with E-state index < -0.39 is 10.0 Å². The first-order chi connectivity index (χ1) is 8.49. The van der Waals surface area contributed by atoms with E-state index in [1.54, 1.807) is 31.2 Å². The summed E-state index contributed by atoms with van der Waals surface area (Å²) in [5.74, 6) is 0. The van der Waals surface area contributed by atoms with Crippen molar-refractivity contribution < 1.29 is 8.42 Å². The minimum absolute atomic E-state index is 0.186. The fourth-order valence-corrected chi connectivity index (χ4v) is 2.59. The predicted molar refractivity (Wildman–Crippen MR) is 70.6 cm³/mol. The number of rotatable bonds is 3. The van der Waals surface area contributed by atoms with Gasteiger partial charge in [0.1, 0.15) is 0 Å². The molecule has 5 nitrogen and oxygen atoms in total. The van der Waals surface area contributed by atoms with Gasteiger partial charge in [-0.25, -0.2) is 8.42 Å². The molecule has 0 spiro atoms. The van der Waals surface area contributed by atoms with Crippen molar-refractivity contribution in [2.45, 2.75) is 11.8 Å². The van der Waals surface area contributed by atoms with Gasteiger partial charge in [0.25, 0.3) is 10.0 Å². The Bertz CT molecular complexity index is 654. The molecule has 0 aliphatic heterocycles. The second-order valence-corrected chi connectivity index (χ2v) is 5.54. The average molecular weight is 263 g/mol. The summed E-state index contributed by atoms with van der Waals surface area (Å²) in [6.07, 6.45) is 3.04. The monoisotopic (exact) mass is 263 g/mol. The third-order valence-corrected chi connectivity index (χ3v) is 3.86. The van der Waals surface area contributed by atoms with Crippen LogP contribution in [0.3, 0.4) is 0 Å². The molecule has 1 aromatic carbocycles. The molecule has 0 aliphatic carbocycles. The molecule has 6 heteroatoms. The number of nitrogens with one attached hydrogen (secondary N) is 1. The Morgan fingerprint density at radius 2 is 1.83 bits per heavy atom. The summed E-state index contributed by atoms with van der Waals surface area (Å²) in [4.78, 5) is 4.01. The third-order valence-electron chi connectivity index (χ3n) is 2.48. The maximum absolute atomic E-state index is 12.1. The van der Waals surface area contributed by atoms with Gasteiger partial charge in [-0.1, -0.05) is 0 Å². The molecule has 0 amide bonds. The number of benzene rings is 1. The van der Waals surface area contributed by atoms with Gasteiger partial charge < -0.3 is 5.73 Å². The first-order valence-electron chi connectivity index (χ1n) is 5.28. The van der Waals surface area contributed by atoms with E-state index in [0.717, 1.165) is 5.56 Å². The van der Waals surface area contributed by atoms with Crippen LogP contribution >= 0.6 is 0 Å². The van der Waals surface area contributed by atoms with E-state index >= 15 is 0 Å². The molecular formula is C12H13N3O2S. The Morgan fingerprint density at radius 3 is 2.44 bits per heavy atom. The number of hydrogen-bond acceptors (Lipinski definition) is 4. The first-order valence-corrected chi connectivity index (χ1v) is 6.76. The van der Waals surface area contributed by atoms with E-state index in [4.69, 9.17) is 5.73 Å². The predicted octanol–water partition coefficient (Wildman–Crippen LogP) is 1.77. The van der Waals surface area contributed by atoms with Crippen molar-refractivity contribution in [2.75, 3.05) is 10.5 Å². The Kier molecular flexibility index (Phi) is 3.20. The van der Waals surface area contributed by atoms with Gasteiger partial charge in [0.2, 0.25) is 0 Å². The summed E-state index contributed by atoms with van der Waals surface area (Å²) >= 11 is 0. The zero-order valence-electron chi connectivity index (χ0n) is 9.79. The van der Waals surface area contributed by atoms with Gasteiger partial charge in [-0.05, 0) is 42.8 Å². The zero-order chi connectivity index (χ0) is 13.2. The highest BCUT2D eigenvalue weighted by Gasteiger charge is 2.14. The van der Waals surface area contributed by atoms with Gasteiger partial charge in [-0.2, -0.15) is 0 Å². The number of pyridine rings is 1. The second kappa shape index (κ2) is 4.66. The number of sulfonamides is 1. The Labute approximate surface area is 106 Å². The van der Waals surface area contributed by atoms with Crippen molar-refractivity contribution in [1.29, 1.82) is 0 Å². The van der Waals surface area contributed by atoms with Crippen LogP contribution in [0, 0.1) is 6.92 Å². The lowest BCUT2D eigenvalue weighted by Gasteiger charge is -2.09. The largest absolute Gasteiger partial charge is 0.399 e. The molecule has 0 unspecified atom stereocenters. The minimum atomic E-state index is -3.59. The molecule has 0 fully saturated rings. The topological polar surface area (TPSA) is 85.1 Å². The molecule has 0 bridgehead atoms. The van der Waals surface area contributed by atoms with Crippen molar-refractivity contribution in [3.8, 4) is 0 Å². The number of aryl methyl sites for hydroxylation is 1. The molecule has 0 saturated heterocycles. The van der Waals surface area contributed by atoms with Gasteiger partial charge >= 0.3 is 0 Å². The van der Waals surface area contributed by atoms with Crippen molar-refractivity contribution in [1.82, 2.24) is 4.98 Å². The van der Waals surface area contributed by atoms with Gasteiger partial charge in [0.05, 0.1) is 10.6 Å². The Hall–Kier alpha value is -2.08. The molecule has 2 aromatic rings. The number of anilines is 2. The lowest BCUT2D eigenvalue weighted by Crippen LogP contribution is -2.13. The highest BCUT2D eigenvalue weighted by atomic mass is 32.2. The van der Waals surface area contributed by atoms with Crippen LogP contribution in [-0.2, 0) is 10.0 Å². The van der Waals surface area contributed by atoms with Crippen LogP contribution in [-0.4, -0.2) is 13.4 Å². The molecule has 2 rings (SSSR count). The molecule has 94 valence electrons. The Morgan fingerprint density at radius 1 is 1.17 bits per heavy atom. The standard InChI is InChI=1S/C12H13N3O2S/c1-9-8-11(2-3-12(9)13)18(16,17)15-10-4-6-14-7-5-10/h2-8H,13H2,1H3,(H,14,15). The maximum Gasteiger partial charge on any atom is 0.261 e. The molecule has 0 saturated carbocycles. The van der Waals surface area contributed by atoms with Crippen molar-refractivity contribution in [3.63, 3.8) is 0 Å². The summed E-state index contributed by atoms with van der Waals surface area (Å²) in [6, 6.07) is 7.77. The molecule has 1 heterocycles. The van der Waals surface area contributed by atoms with E-state index in [2.05, 4.69) is 9.71 Å². The fourth-order valence-electron chi connectivity index (χ4n) is 1.45. The quantitative estimate of drug-likeness (QED) is 0.826. The van der Waals surface area contributed by atoms with Crippen LogP contribution in [0.25, 0.3) is 0 Å². The summed E-state index contributed by atoms with van der Waals surface area (Å²) in [6.45, 7) is 1.76. The van der Waals surface area contributed by atoms with E-state index in [1.165, 1.54) is 18.5 Å². The highest BCUT2D eigenvalue weighted by molar-refractivity contribution is 7.92. The normalized spacial score (nSPS) is 11.2. The molecule has 0 aliphatic rings. The SMILES string of the molecule is Cc1cc(S(=O)(=O)Nc2ccncc2)ccc1N. The van der Waals surface area contributed by atoms with E-state index in [1.807, 2.05) is 0 Å².